The second kappa shape index (κ2) is 4.96. The number of imidazole rings is 1. The monoisotopic (exact) mass is 242 g/mol. The van der Waals surface area contributed by atoms with Crippen LogP contribution < -0.4 is 0 Å². The van der Waals surface area contributed by atoms with Crippen molar-refractivity contribution in [1.29, 1.82) is 0 Å². The molecule has 0 saturated heterocycles. The molecule has 0 aliphatic heterocycles. The standard InChI is InChI=1S/C14H14N2O2/c1-9-14(10(2)17)16-13(15-9)8-12(18)11-6-4-3-5-7-11/h3-7H,8H2,1-2H3,(H,15,16). The van der Waals surface area contributed by atoms with E-state index in [1.807, 2.05) is 18.2 Å². The van der Waals surface area contributed by atoms with E-state index >= 15 is 0 Å². The van der Waals surface area contributed by atoms with Crippen molar-refractivity contribution in [3.8, 4) is 0 Å². The van der Waals surface area contributed by atoms with Crippen molar-refractivity contribution in [2.45, 2.75) is 20.3 Å². The number of benzene rings is 1. The van der Waals surface area contributed by atoms with Gasteiger partial charge in [0.2, 0.25) is 0 Å². The van der Waals surface area contributed by atoms with Gasteiger partial charge in [-0.3, -0.25) is 9.59 Å². The Kier molecular flexibility index (Phi) is 3.37. The van der Waals surface area contributed by atoms with Crippen molar-refractivity contribution >= 4 is 11.6 Å². The smallest absolute Gasteiger partial charge is 0.179 e. The number of Topliss-reactive ketones (excluding diaryl/α,β-unsaturated/α-hetero) is 2. The Hall–Kier alpha value is -2.23. The molecule has 0 unspecified atom stereocenters. The van der Waals surface area contributed by atoms with Crippen molar-refractivity contribution in [1.82, 2.24) is 9.97 Å². The van der Waals surface area contributed by atoms with Crippen LogP contribution in [0.4, 0.5) is 0 Å². The van der Waals surface area contributed by atoms with E-state index in [1.165, 1.54) is 6.92 Å². The Balaban J connectivity index is 2.18. The maximum absolute atomic E-state index is 12.0. The van der Waals surface area contributed by atoms with E-state index in [-0.39, 0.29) is 18.0 Å². The van der Waals surface area contributed by atoms with Crippen LogP contribution in [-0.4, -0.2) is 21.5 Å². The highest BCUT2D eigenvalue weighted by Crippen LogP contribution is 2.09. The van der Waals surface area contributed by atoms with Crippen molar-refractivity contribution in [3.05, 3.63) is 53.1 Å². The Labute approximate surface area is 105 Å². The molecule has 0 amide bonds. The van der Waals surface area contributed by atoms with Gasteiger partial charge < -0.3 is 4.98 Å². The normalized spacial score (nSPS) is 10.3. The lowest BCUT2D eigenvalue weighted by molar-refractivity contribution is 0.0984. The number of aromatic nitrogens is 2. The molecule has 0 spiro atoms. The molecule has 4 heteroatoms. The Morgan fingerprint density at radius 1 is 1.22 bits per heavy atom. The maximum Gasteiger partial charge on any atom is 0.179 e. The van der Waals surface area contributed by atoms with Gasteiger partial charge in [0.1, 0.15) is 11.5 Å². The maximum atomic E-state index is 12.0. The molecule has 0 atom stereocenters. The molecule has 0 fully saturated rings. The molecule has 1 aromatic heterocycles. The number of ketones is 2. The summed E-state index contributed by atoms with van der Waals surface area (Å²) >= 11 is 0. The van der Waals surface area contributed by atoms with Gasteiger partial charge >= 0.3 is 0 Å². The molecule has 1 heterocycles. The lowest BCUT2D eigenvalue weighted by Gasteiger charge is -1.97. The minimum atomic E-state index is -0.0952. The minimum absolute atomic E-state index is 0.0144. The minimum Gasteiger partial charge on any atom is -0.345 e. The van der Waals surface area contributed by atoms with E-state index in [0.29, 0.717) is 22.8 Å². The SMILES string of the molecule is CC(=O)c1nc(CC(=O)c2ccccc2)[nH]c1C. The zero-order chi connectivity index (χ0) is 13.1. The molecule has 0 bridgehead atoms. The first-order valence-electron chi connectivity index (χ1n) is 5.72. The largest absolute Gasteiger partial charge is 0.345 e. The number of rotatable bonds is 4. The first kappa shape index (κ1) is 12.2. The molecule has 0 aliphatic rings. The van der Waals surface area contributed by atoms with Gasteiger partial charge in [0, 0.05) is 18.2 Å². The van der Waals surface area contributed by atoms with Crippen LogP contribution in [0.1, 0.15) is 39.3 Å². The van der Waals surface area contributed by atoms with Gasteiger partial charge in [0.05, 0.1) is 6.42 Å². The van der Waals surface area contributed by atoms with Crippen LogP contribution in [0.2, 0.25) is 0 Å². The average Bonchev–Trinajstić information content (AvgIpc) is 2.71. The molecule has 4 nitrogen and oxygen atoms in total. The van der Waals surface area contributed by atoms with Crippen LogP contribution in [0.15, 0.2) is 30.3 Å². The Morgan fingerprint density at radius 3 is 2.44 bits per heavy atom. The van der Waals surface area contributed by atoms with Crippen LogP contribution in [0.25, 0.3) is 0 Å². The summed E-state index contributed by atoms with van der Waals surface area (Å²) in [5, 5.41) is 0. The third-order valence-corrected chi connectivity index (χ3v) is 2.69. The third-order valence-electron chi connectivity index (χ3n) is 2.69. The Bertz CT molecular complexity index is 585. The zero-order valence-electron chi connectivity index (χ0n) is 10.4. The van der Waals surface area contributed by atoms with Gasteiger partial charge in [-0.2, -0.15) is 0 Å². The third kappa shape index (κ3) is 2.53. The summed E-state index contributed by atoms with van der Waals surface area (Å²) in [5.74, 6) is 0.424. The van der Waals surface area contributed by atoms with E-state index < -0.39 is 0 Å². The number of carbonyl (C=O) groups excluding carboxylic acids is 2. The predicted octanol–water partition coefficient (Wildman–Crippen LogP) is 2.35. The highest BCUT2D eigenvalue weighted by molar-refractivity contribution is 5.97. The summed E-state index contributed by atoms with van der Waals surface area (Å²) in [6, 6.07) is 9.04. The van der Waals surface area contributed by atoms with Gasteiger partial charge in [0.25, 0.3) is 0 Å². The van der Waals surface area contributed by atoms with Crippen LogP contribution in [-0.2, 0) is 6.42 Å². The van der Waals surface area contributed by atoms with Crippen LogP contribution >= 0.6 is 0 Å². The molecule has 92 valence electrons. The number of H-pyrrole nitrogens is 1. The molecule has 0 aliphatic carbocycles. The molecule has 2 rings (SSSR count). The Morgan fingerprint density at radius 2 is 1.89 bits per heavy atom. The van der Waals surface area contributed by atoms with E-state index in [0.717, 1.165) is 0 Å². The lowest BCUT2D eigenvalue weighted by Crippen LogP contribution is -2.05. The van der Waals surface area contributed by atoms with Gasteiger partial charge in [-0.15, -0.1) is 0 Å². The summed E-state index contributed by atoms with van der Waals surface area (Å²) in [6.45, 7) is 3.24. The first-order chi connectivity index (χ1) is 8.58. The highest BCUT2D eigenvalue weighted by atomic mass is 16.1. The molecule has 1 aromatic carbocycles. The number of aryl methyl sites for hydroxylation is 1. The van der Waals surface area contributed by atoms with E-state index in [1.54, 1.807) is 19.1 Å². The molecule has 1 N–H and O–H groups in total. The van der Waals surface area contributed by atoms with Gasteiger partial charge in [-0.1, -0.05) is 30.3 Å². The number of aromatic amines is 1. The molecule has 18 heavy (non-hydrogen) atoms. The summed E-state index contributed by atoms with van der Waals surface area (Å²) in [4.78, 5) is 30.4. The van der Waals surface area contributed by atoms with E-state index in [9.17, 15) is 9.59 Å². The van der Waals surface area contributed by atoms with Gasteiger partial charge in [-0.25, -0.2) is 4.98 Å². The predicted molar refractivity (Wildman–Crippen MR) is 67.8 cm³/mol. The van der Waals surface area contributed by atoms with Crippen molar-refractivity contribution < 1.29 is 9.59 Å². The molecular weight excluding hydrogens is 228 g/mol. The van der Waals surface area contributed by atoms with Crippen molar-refractivity contribution in [3.63, 3.8) is 0 Å². The quantitative estimate of drug-likeness (QED) is 0.837. The topological polar surface area (TPSA) is 62.8 Å². The van der Waals surface area contributed by atoms with E-state index in [4.69, 9.17) is 0 Å². The summed E-state index contributed by atoms with van der Waals surface area (Å²) in [7, 11) is 0. The van der Waals surface area contributed by atoms with Crippen molar-refractivity contribution in [2.75, 3.05) is 0 Å². The van der Waals surface area contributed by atoms with Crippen molar-refractivity contribution in [2.24, 2.45) is 0 Å². The fourth-order valence-electron chi connectivity index (χ4n) is 1.83. The number of nitrogens with one attached hydrogen (secondary N) is 1. The van der Waals surface area contributed by atoms with Gasteiger partial charge in [0.15, 0.2) is 11.6 Å². The number of hydrogen-bond donors (Lipinski definition) is 1. The number of carbonyl (C=O) groups is 2. The average molecular weight is 242 g/mol. The van der Waals surface area contributed by atoms with E-state index in [2.05, 4.69) is 9.97 Å². The second-order valence-electron chi connectivity index (χ2n) is 4.18. The summed E-state index contributed by atoms with van der Waals surface area (Å²) < 4.78 is 0. The molecule has 2 aromatic rings. The molecule has 0 saturated carbocycles. The first-order valence-corrected chi connectivity index (χ1v) is 5.72. The zero-order valence-corrected chi connectivity index (χ0v) is 10.4. The number of nitrogens with zero attached hydrogens (tertiary/aromatic N) is 1. The summed E-state index contributed by atoms with van der Waals surface area (Å²) in [6.07, 6.45) is 0.179. The van der Waals surface area contributed by atoms with Crippen LogP contribution in [0.5, 0.6) is 0 Å². The molecule has 0 radical (unpaired) electrons. The lowest BCUT2D eigenvalue weighted by atomic mass is 10.1. The molecular formula is C14H14N2O2. The van der Waals surface area contributed by atoms with Crippen LogP contribution in [0.3, 0.4) is 0 Å². The fraction of sp³-hybridized carbons (Fsp3) is 0.214. The van der Waals surface area contributed by atoms with Gasteiger partial charge in [-0.05, 0) is 6.92 Å². The fourth-order valence-corrected chi connectivity index (χ4v) is 1.83. The summed E-state index contributed by atoms with van der Waals surface area (Å²) in [5.41, 5.74) is 1.76. The number of hydrogen-bond acceptors (Lipinski definition) is 3. The second-order valence-corrected chi connectivity index (χ2v) is 4.18. The van der Waals surface area contributed by atoms with Crippen LogP contribution in [0, 0.1) is 6.92 Å². The highest BCUT2D eigenvalue weighted by Gasteiger charge is 2.14.